The number of allylic oxidation sites excluding steroid dienone is 1. The van der Waals surface area contributed by atoms with Crippen molar-refractivity contribution in [2.75, 3.05) is 7.11 Å². The number of benzene rings is 1. The van der Waals surface area contributed by atoms with Crippen molar-refractivity contribution in [1.82, 2.24) is 4.98 Å². The molecule has 0 aliphatic heterocycles. The van der Waals surface area contributed by atoms with Crippen molar-refractivity contribution >= 4 is 17.5 Å². The second-order valence-corrected chi connectivity index (χ2v) is 9.74. The molecule has 0 bridgehead atoms. The summed E-state index contributed by atoms with van der Waals surface area (Å²) in [4.78, 5) is 42.8. The van der Waals surface area contributed by atoms with Gasteiger partial charge in [-0.3, -0.25) is 19.4 Å². The number of phenols is 1. The largest absolute Gasteiger partial charge is 0.508 e. The fourth-order valence-electron chi connectivity index (χ4n) is 6.08. The van der Waals surface area contributed by atoms with E-state index in [1.165, 1.54) is 6.07 Å². The molecule has 0 spiro atoms. The van der Waals surface area contributed by atoms with Crippen LogP contribution in [0.25, 0.3) is 11.1 Å². The highest BCUT2D eigenvalue weighted by atomic mass is 16.5. The van der Waals surface area contributed by atoms with E-state index in [1.54, 1.807) is 25.6 Å². The van der Waals surface area contributed by atoms with E-state index in [0.717, 1.165) is 5.56 Å². The number of aliphatic hydroxyl groups is 3. The number of ketones is 2. The number of ether oxygens (including phenoxy) is 1. The molecule has 1 fully saturated rings. The van der Waals surface area contributed by atoms with Gasteiger partial charge in [-0.2, -0.15) is 0 Å². The number of aromatic nitrogens is 1. The number of methoxy groups -OCH3 is 1. The third-order valence-corrected chi connectivity index (χ3v) is 7.69. The van der Waals surface area contributed by atoms with Crippen LogP contribution in [0.3, 0.4) is 0 Å². The molecule has 1 aromatic heterocycles. The van der Waals surface area contributed by atoms with Crippen LogP contribution in [0.15, 0.2) is 41.9 Å². The molecule has 188 valence electrons. The molecule has 1 amide bonds. The minimum Gasteiger partial charge on any atom is -0.508 e. The van der Waals surface area contributed by atoms with E-state index >= 15 is 0 Å². The van der Waals surface area contributed by atoms with Gasteiger partial charge in [0.25, 0.3) is 0 Å². The lowest BCUT2D eigenvalue weighted by Crippen LogP contribution is -2.63. The highest BCUT2D eigenvalue weighted by Crippen LogP contribution is 2.52. The van der Waals surface area contributed by atoms with Crippen LogP contribution >= 0.6 is 0 Å². The first kappa shape index (κ1) is 24.1. The maximum absolute atomic E-state index is 13.7. The molecule has 5 rings (SSSR count). The Labute approximate surface area is 206 Å². The van der Waals surface area contributed by atoms with Crippen LogP contribution in [0.1, 0.15) is 34.3 Å². The van der Waals surface area contributed by atoms with Crippen molar-refractivity contribution in [3.63, 3.8) is 0 Å². The third kappa shape index (κ3) is 3.36. The zero-order valence-electron chi connectivity index (χ0n) is 19.5. The van der Waals surface area contributed by atoms with Crippen molar-refractivity contribution in [2.45, 2.75) is 37.6 Å². The molecule has 3 aliphatic carbocycles. The average Bonchev–Trinajstić information content (AvgIpc) is 2.81. The highest BCUT2D eigenvalue weighted by Gasteiger charge is 2.62. The number of primary amides is 1. The number of carbonyl (C=O) groups excluding carboxylic acids is 3. The number of aliphatic hydroxyl groups excluding tert-OH is 2. The molecule has 0 radical (unpaired) electrons. The van der Waals surface area contributed by atoms with E-state index < -0.39 is 52.7 Å². The van der Waals surface area contributed by atoms with Gasteiger partial charge in [0.1, 0.15) is 17.4 Å². The van der Waals surface area contributed by atoms with E-state index in [0.29, 0.717) is 23.3 Å². The van der Waals surface area contributed by atoms with Crippen LogP contribution in [0.5, 0.6) is 5.75 Å². The van der Waals surface area contributed by atoms with Crippen LogP contribution < -0.4 is 5.73 Å². The lowest BCUT2D eigenvalue weighted by Gasteiger charge is -2.48. The third-order valence-electron chi connectivity index (χ3n) is 7.69. The summed E-state index contributed by atoms with van der Waals surface area (Å²) in [5.41, 5.74) is 5.31. The van der Waals surface area contributed by atoms with E-state index in [2.05, 4.69) is 4.98 Å². The van der Waals surface area contributed by atoms with Gasteiger partial charge in [-0.05, 0) is 54.0 Å². The van der Waals surface area contributed by atoms with Crippen LogP contribution in [-0.4, -0.2) is 61.7 Å². The number of amides is 1. The molecule has 2 aromatic rings. The Kier molecular flexibility index (Phi) is 5.70. The van der Waals surface area contributed by atoms with Crippen molar-refractivity contribution in [2.24, 2.45) is 23.5 Å². The maximum Gasteiger partial charge on any atom is 0.230 e. The normalized spacial score (nSPS) is 29.4. The molecule has 0 saturated heterocycles. The summed E-state index contributed by atoms with van der Waals surface area (Å²) in [6, 6.07) is 4.93. The minimum absolute atomic E-state index is 0.0285. The highest BCUT2D eigenvalue weighted by molar-refractivity contribution is 6.16. The second kappa shape index (κ2) is 8.51. The van der Waals surface area contributed by atoms with Crippen molar-refractivity contribution in [3.05, 3.63) is 58.6 Å². The second-order valence-electron chi connectivity index (χ2n) is 9.74. The number of rotatable bonds is 4. The molecule has 6 N–H and O–H groups in total. The monoisotopic (exact) mass is 494 g/mol. The van der Waals surface area contributed by atoms with Crippen LogP contribution in [0.2, 0.25) is 0 Å². The number of nitrogens with zero attached hydrogens (tertiary/aromatic N) is 1. The van der Waals surface area contributed by atoms with Crippen molar-refractivity contribution < 1.29 is 39.5 Å². The van der Waals surface area contributed by atoms with E-state index in [-0.39, 0.29) is 36.1 Å². The van der Waals surface area contributed by atoms with Gasteiger partial charge in [-0.1, -0.05) is 6.07 Å². The fraction of sp³-hybridized carbons (Fsp3) is 0.385. The molecular formula is C26H26N2O8. The SMILES string of the molecule is COCc1cncc(-c2ccc(O)c3c2C[C@H]2C[C@H]4CC(O)C(C(N)=O)C(=O)[C@@]4(O)C(O)=C2C3=O)c1. The molecule has 1 saturated carbocycles. The Morgan fingerprint density at radius 3 is 2.67 bits per heavy atom. The predicted molar refractivity (Wildman–Crippen MR) is 125 cm³/mol. The number of Topliss-reactive ketones (excluding diaryl/α,β-unsaturated/α-hetero) is 2. The van der Waals surface area contributed by atoms with E-state index in [9.17, 15) is 34.8 Å². The van der Waals surface area contributed by atoms with E-state index in [1.807, 2.05) is 6.07 Å². The lowest BCUT2D eigenvalue weighted by molar-refractivity contribution is -0.167. The fourth-order valence-corrected chi connectivity index (χ4v) is 6.08. The molecule has 36 heavy (non-hydrogen) atoms. The number of carbonyl (C=O) groups is 3. The molecule has 1 heterocycles. The van der Waals surface area contributed by atoms with Gasteiger partial charge >= 0.3 is 0 Å². The van der Waals surface area contributed by atoms with Crippen LogP contribution in [0, 0.1) is 17.8 Å². The number of phenolic OH excluding ortho intramolecular Hbond substituents is 1. The van der Waals surface area contributed by atoms with Gasteiger partial charge in [-0.25, -0.2) is 0 Å². The Hall–Kier alpha value is -3.60. The first-order valence-corrected chi connectivity index (χ1v) is 11.6. The topological polar surface area (TPSA) is 180 Å². The maximum atomic E-state index is 13.7. The Bertz CT molecular complexity index is 1340. The molecule has 10 nitrogen and oxygen atoms in total. The molecule has 10 heteroatoms. The van der Waals surface area contributed by atoms with Gasteiger partial charge in [0.05, 0.1) is 18.3 Å². The Balaban J connectivity index is 1.65. The number of pyridine rings is 1. The number of aromatic hydroxyl groups is 1. The smallest absolute Gasteiger partial charge is 0.230 e. The van der Waals surface area contributed by atoms with Gasteiger partial charge in [-0.15, -0.1) is 0 Å². The van der Waals surface area contributed by atoms with Crippen LogP contribution in [-0.2, 0) is 27.4 Å². The summed E-state index contributed by atoms with van der Waals surface area (Å²) < 4.78 is 5.18. The molecule has 2 unspecified atom stereocenters. The Morgan fingerprint density at radius 2 is 1.97 bits per heavy atom. The summed E-state index contributed by atoms with van der Waals surface area (Å²) >= 11 is 0. The van der Waals surface area contributed by atoms with Gasteiger partial charge < -0.3 is 30.9 Å². The number of hydrogen-bond acceptors (Lipinski definition) is 9. The number of fused-ring (bicyclic) bond motifs is 3. The molecular weight excluding hydrogens is 468 g/mol. The Morgan fingerprint density at radius 1 is 1.22 bits per heavy atom. The first-order chi connectivity index (χ1) is 17.1. The standard InChI is InChI=1S/C26H26N2O8/c1-36-10-11-4-13(9-28-8-11)15-2-3-17(29)20-16(15)6-12-5-14-7-18(30)21(25(27)34)24(33)26(14,35)23(32)19(12)22(20)31/h2-4,8-9,12,14,18,21,29-30,32,35H,5-7,10H2,1H3,(H2,27,34)/t12-,14+,18?,21?,26+/m1/s1. The van der Waals surface area contributed by atoms with Crippen molar-refractivity contribution in [1.29, 1.82) is 0 Å². The minimum atomic E-state index is -2.52. The summed E-state index contributed by atoms with van der Waals surface area (Å²) in [6.45, 7) is 0.340. The first-order valence-electron chi connectivity index (χ1n) is 11.6. The summed E-state index contributed by atoms with van der Waals surface area (Å²) in [5.74, 6) is -7.30. The van der Waals surface area contributed by atoms with Crippen LogP contribution in [0.4, 0.5) is 0 Å². The zero-order chi connectivity index (χ0) is 25.9. The molecule has 5 atom stereocenters. The van der Waals surface area contributed by atoms with Crippen molar-refractivity contribution in [3.8, 4) is 16.9 Å². The number of hydrogen-bond donors (Lipinski definition) is 5. The van der Waals surface area contributed by atoms with Gasteiger partial charge in [0.15, 0.2) is 17.2 Å². The quantitative estimate of drug-likeness (QED) is 0.387. The average molecular weight is 495 g/mol. The van der Waals surface area contributed by atoms with E-state index in [4.69, 9.17) is 10.5 Å². The summed E-state index contributed by atoms with van der Waals surface area (Å²) in [5, 5.41) is 43.5. The lowest BCUT2D eigenvalue weighted by atomic mass is 9.57. The van der Waals surface area contributed by atoms with Gasteiger partial charge in [0.2, 0.25) is 5.91 Å². The zero-order valence-corrected chi connectivity index (χ0v) is 19.5. The number of nitrogens with two attached hydrogens (primary N) is 1. The summed E-state index contributed by atoms with van der Waals surface area (Å²) in [6.07, 6.45) is 2.08. The van der Waals surface area contributed by atoms with Gasteiger partial charge in [0, 0.05) is 36.6 Å². The summed E-state index contributed by atoms with van der Waals surface area (Å²) in [7, 11) is 1.57. The predicted octanol–water partition coefficient (Wildman–Crippen LogP) is 0.954. The molecule has 3 aliphatic rings. The molecule has 1 aromatic carbocycles.